The molecule has 0 aliphatic heterocycles. The van der Waals surface area contributed by atoms with Gasteiger partial charge in [-0.2, -0.15) is 0 Å². The highest BCUT2D eigenvalue weighted by Crippen LogP contribution is 2.20. The minimum Gasteiger partial charge on any atom is -0.375 e. The van der Waals surface area contributed by atoms with E-state index in [0.29, 0.717) is 11.3 Å². The molecule has 1 unspecified atom stereocenters. The van der Waals surface area contributed by atoms with Gasteiger partial charge in [-0.15, -0.1) is 0 Å². The number of nitrogens with two attached hydrogens (primary N) is 1. The van der Waals surface area contributed by atoms with Gasteiger partial charge in [0.2, 0.25) is 11.5 Å². The molecule has 0 aliphatic carbocycles. The predicted molar refractivity (Wildman–Crippen MR) is 81.3 cm³/mol. The molecule has 0 spiro atoms. The Balaban J connectivity index is 2.04. The van der Waals surface area contributed by atoms with Gasteiger partial charge in [0.15, 0.2) is 6.20 Å². The summed E-state index contributed by atoms with van der Waals surface area (Å²) in [5, 5.41) is 14.2. The van der Waals surface area contributed by atoms with E-state index in [9.17, 15) is 14.9 Å². The molecule has 0 fully saturated rings. The van der Waals surface area contributed by atoms with E-state index in [1.165, 1.54) is 24.3 Å². The summed E-state index contributed by atoms with van der Waals surface area (Å²) in [6.07, 6.45) is 1.67. The number of carbonyl (C=O) groups is 1. The van der Waals surface area contributed by atoms with Crippen molar-refractivity contribution in [2.24, 2.45) is 10.9 Å². The van der Waals surface area contributed by atoms with Crippen LogP contribution in [-0.2, 0) is 9.63 Å². The number of benzene rings is 1. The number of nitrogens with one attached hydrogen (secondary N) is 1. The summed E-state index contributed by atoms with van der Waals surface area (Å²) >= 11 is 0. The van der Waals surface area contributed by atoms with Crippen molar-refractivity contribution in [2.75, 3.05) is 0 Å². The first kappa shape index (κ1) is 16.1. The van der Waals surface area contributed by atoms with Crippen molar-refractivity contribution in [3.05, 3.63) is 70.0 Å². The van der Waals surface area contributed by atoms with E-state index >= 15 is 0 Å². The average molecular weight is 315 g/mol. The lowest BCUT2D eigenvalue weighted by atomic mass is 10.0. The molecular weight excluding hydrogens is 300 g/mol. The summed E-state index contributed by atoms with van der Waals surface area (Å²) in [7, 11) is 0. The number of amidine groups is 1. The van der Waals surface area contributed by atoms with Crippen molar-refractivity contribution >= 4 is 17.5 Å². The smallest absolute Gasteiger partial charge is 0.342 e. The molecule has 2 rings (SSSR count). The Morgan fingerprint density at radius 1 is 1.30 bits per heavy atom. The minimum atomic E-state index is -0.632. The highest BCUT2D eigenvalue weighted by Gasteiger charge is 2.19. The van der Waals surface area contributed by atoms with Gasteiger partial charge < -0.3 is 10.6 Å². The third-order valence-corrected chi connectivity index (χ3v) is 3.18. The normalized spacial score (nSPS) is 12.5. The second-order valence-electron chi connectivity index (χ2n) is 4.73. The largest absolute Gasteiger partial charge is 0.375 e. The molecule has 1 aromatic carbocycles. The lowest BCUT2D eigenvalue weighted by molar-refractivity contribution is -0.384. The SMILES string of the molecule is CC(C(=O)ON=C(N)c1cccc[nH+]1)c1ccc([N+](=O)[O-])cc1. The fourth-order valence-electron chi connectivity index (χ4n) is 1.80. The van der Waals surface area contributed by atoms with Crippen molar-refractivity contribution in [1.82, 2.24) is 0 Å². The molecule has 0 aliphatic rings. The third-order valence-electron chi connectivity index (χ3n) is 3.18. The van der Waals surface area contributed by atoms with E-state index in [0.717, 1.165) is 0 Å². The van der Waals surface area contributed by atoms with Gasteiger partial charge in [-0.1, -0.05) is 17.3 Å². The zero-order valence-electron chi connectivity index (χ0n) is 12.3. The number of non-ortho nitro benzene ring substituents is 1. The number of nitrogens with zero attached hydrogens (tertiary/aromatic N) is 2. The molecule has 2 aromatic rings. The van der Waals surface area contributed by atoms with Crippen molar-refractivity contribution in [3.63, 3.8) is 0 Å². The number of hydrogen-bond donors (Lipinski definition) is 1. The summed E-state index contributed by atoms with van der Waals surface area (Å²) in [5.41, 5.74) is 6.76. The summed E-state index contributed by atoms with van der Waals surface area (Å²) in [6, 6.07) is 10.9. The van der Waals surface area contributed by atoms with E-state index in [2.05, 4.69) is 10.1 Å². The van der Waals surface area contributed by atoms with Crippen LogP contribution in [0.15, 0.2) is 53.8 Å². The number of rotatable bonds is 5. The molecule has 3 N–H and O–H groups in total. The number of aromatic amines is 1. The number of nitro groups is 1. The predicted octanol–water partition coefficient (Wildman–Crippen LogP) is 1.38. The lowest BCUT2D eigenvalue weighted by Crippen LogP contribution is -2.24. The van der Waals surface area contributed by atoms with E-state index in [1.54, 1.807) is 31.3 Å². The van der Waals surface area contributed by atoms with E-state index < -0.39 is 16.8 Å². The average Bonchev–Trinajstić information content (AvgIpc) is 2.59. The maximum atomic E-state index is 12.0. The Morgan fingerprint density at radius 3 is 2.57 bits per heavy atom. The fourth-order valence-corrected chi connectivity index (χ4v) is 1.80. The first-order valence-electron chi connectivity index (χ1n) is 6.75. The molecule has 8 heteroatoms. The number of carbonyl (C=O) groups excluding carboxylic acids is 1. The van der Waals surface area contributed by atoms with Crippen molar-refractivity contribution in [2.45, 2.75) is 12.8 Å². The number of pyridine rings is 1. The van der Waals surface area contributed by atoms with Gasteiger partial charge >= 0.3 is 5.97 Å². The van der Waals surface area contributed by atoms with Crippen LogP contribution in [0.3, 0.4) is 0 Å². The molecule has 1 aromatic heterocycles. The van der Waals surface area contributed by atoms with Gasteiger partial charge in [-0.05, 0) is 18.6 Å². The lowest BCUT2D eigenvalue weighted by Gasteiger charge is -2.08. The summed E-state index contributed by atoms with van der Waals surface area (Å²) in [4.78, 5) is 29.8. The molecule has 0 radical (unpaired) electrons. The first-order valence-corrected chi connectivity index (χ1v) is 6.75. The molecule has 1 atom stereocenters. The number of H-pyrrole nitrogens is 1. The molecule has 0 saturated carbocycles. The minimum absolute atomic E-state index is 0.0369. The Morgan fingerprint density at radius 2 is 2.00 bits per heavy atom. The molecule has 0 bridgehead atoms. The van der Waals surface area contributed by atoms with Crippen LogP contribution in [-0.4, -0.2) is 16.7 Å². The standard InChI is InChI=1S/C15H14N4O4/c1-10(11-5-7-12(8-6-11)19(21)22)15(20)23-18-14(16)13-4-2-3-9-17-13/h2-10H,1H3,(H2,16,18)/p+1. The van der Waals surface area contributed by atoms with Gasteiger partial charge in [0.1, 0.15) is 0 Å². The van der Waals surface area contributed by atoms with E-state index in [1.807, 2.05) is 0 Å². The molecule has 23 heavy (non-hydrogen) atoms. The van der Waals surface area contributed by atoms with E-state index in [4.69, 9.17) is 10.6 Å². The molecular formula is C15H15N4O4+. The highest BCUT2D eigenvalue weighted by atomic mass is 16.7. The highest BCUT2D eigenvalue weighted by molar-refractivity contribution is 5.94. The Kier molecular flexibility index (Phi) is 4.98. The van der Waals surface area contributed by atoms with Gasteiger partial charge in [-0.25, -0.2) is 9.78 Å². The molecule has 1 heterocycles. The molecule has 118 valence electrons. The van der Waals surface area contributed by atoms with Gasteiger partial charge in [0, 0.05) is 24.3 Å². The van der Waals surface area contributed by atoms with Crippen LogP contribution < -0.4 is 10.7 Å². The second-order valence-corrected chi connectivity index (χ2v) is 4.73. The van der Waals surface area contributed by atoms with Gasteiger partial charge in [0.05, 0.1) is 10.8 Å². The van der Waals surface area contributed by atoms with E-state index in [-0.39, 0.29) is 11.5 Å². The summed E-state index contributed by atoms with van der Waals surface area (Å²) < 4.78 is 0. The quantitative estimate of drug-likeness (QED) is 0.293. The monoisotopic (exact) mass is 315 g/mol. The van der Waals surface area contributed by atoms with Crippen molar-refractivity contribution in [3.8, 4) is 0 Å². The van der Waals surface area contributed by atoms with Crippen LogP contribution in [0.1, 0.15) is 24.1 Å². The third kappa shape index (κ3) is 4.10. The van der Waals surface area contributed by atoms with Crippen LogP contribution in [0.2, 0.25) is 0 Å². The Labute approximate surface area is 131 Å². The maximum absolute atomic E-state index is 12.0. The number of hydrogen-bond acceptors (Lipinski definition) is 5. The van der Waals surface area contributed by atoms with Crippen LogP contribution in [0.5, 0.6) is 0 Å². The Bertz CT molecular complexity index is 729. The van der Waals surface area contributed by atoms with Crippen LogP contribution in [0, 0.1) is 10.1 Å². The summed E-state index contributed by atoms with van der Waals surface area (Å²) in [6.45, 7) is 1.61. The zero-order valence-corrected chi connectivity index (χ0v) is 12.3. The second kappa shape index (κ2) is 7.12. The van der Waals surface area contributed by atoms with Crippen LogP contribution >= 0.6 is 0 Å². The molecule has 0 saturated heterocycles. The zero-order chi connectivity index (χ0) is 16.8. The Hall–Kier alpha value is -3.29. The number of aromatic nitrogens is 1. The number of oxime groups is 1. The fraction of sp³-hybridized carbons (Fsp3) is 0.133. The van der Waals surface area contributed by atoms with Crippen LogP contribution in [0.25, 0.3) is 0 Å². The molecule has 0 amide bonds. The van der Waals surface area contributed by atoms with Crippen molar-refractivity contribution in [1.29, 1.82) is 0 Å². The van der Waals surface area contributed by atoms with Crippen molar-refractivity contribution < 1.29 is 19.5 Å². The summed E-state index contributed by atoms with van der Waals surface area (Å²) in [5.74, 6) is -1.21. The van der Waals surface area contributed by atoms with Gasteiger partial charge in [-0.3, -0.25) is 10.1 Å². The first-order chi connectivity index (χ1) is 11.0. The topological polar surface area (TPSA) is 122 Å². The maximum Gasteiger partial charge on any atom is 0.342 e. The van der Waals surface area contributed by atoms with Gasteiger partial charge in [0.25, 0.3) is 5.69 Å². The molecule has 8 nitrogen and oxygen atoms in total. The van der Waals surface area contributed by atoms with Crippen LogP contribution in [0.4, 0.5) is 5.69 Å². The number of nitro benzene ring substituents is 1.